The van der Waals surface area contributed by atoms with Crippen LogP contribution in [0.25, 0.3) is 0 Å². The fourth-order valence-corrected chi connectivity index (χ4v) is 2.48. The van der Waals surface area contributed by atoms with Gasteiger partial charge in [0.1, 0.15) is 10.6 Å². The number of hydrogen-bond acceptors (Lipinski definition) is 4. The summed E-state index contributed by atoms with van der Waals surface area (Å²) >= 11 is 1.50. The fourth-order valence-electron chi connectivity index (χ4n) is 1.78. The lowest BCUT2D eigenvalue weighted by Crippen LogP contribution is -2.21. The minimum Gasteiger partial charge on any atom is -0.477 e. The van der Waals surface area contributed by atoms with E-state index in [4.69, 9.17) is 5.11 Å². The third-order valence-electron chi connectivity index (χ3n) is 2.74. The molecule has 0 amide bonds. The number of aromatic nitrogens is 2. The van der Waals surface area contributed by atoms with Gasteiger partial charge in [0.15, 0.2) is 5.43 Å². The Morgan fingerprint density at radius 3 is 2.83 bits per heavy atom. The van der Waals surface area contributed by atoms with E-state index >= 15 is 0 Å². The summed E-state index contributed by atoms with van der Waals surface area (Å²) in [6.07, 6.45) is 3.08. The zero-order valence-electron chi connectivity index (χ0n) is 9.95. The lowest BCUT2D eigenvalue weighted by Gasteiger charge is -2.17. The topological polar surface area (TPSA) is 72.2 Å². The minimum absolute atomic E-state index is 0.0938. The first-order valence-electron chi connectivity index (χ1n) is 5.36. The van der Waals surface area contributed by atoms with Crippen LogP contribution < -0.4 is 5.43 Å². The molecule has 1 unspecified atom stereocenters. The third kappa shape index (κ3) is 2.19. The molecule has 0 saturated heterocycles. The highest BCUT2D eigenvalue weighted by Gasteiger charge is 2.16. The Kier molecular flexibility index (Phi) is 3.29. The molecule has 0 radical (unpaired) electrons. The van der Waals surface area contributed by atoms with Crippen LogP contribution in [-0.2, 0) is 0 Å². The smallest absolute Gasteiger partial charge is 0.341 e. The van der Waals surface area contributed by atoms with Gasteiger partial charge in [-0.15, -0.1) is 11.3 Å². The van der Waals surface area contributed by atoms with E-state index in [1.165, 1.54) is 23.6 Å². The second kappa shape index (κ2) is 4.73. The molecule has 0 fully saturated rings. The van der Waals surface area contributed by atoms with Crippen molar-refractivity contribution in [3.8, 4) is 0 Å². The number of thiazole rings is 1. The van der Waals surface area contributed by atoms with Crippen molar-refractivity contribution in [2.24, 2.45) is 0 Å². The zero-order chi connectivity index (χ0) is 13.3. The highest BCUT2D eigenvalue weighted by Crippen LogP contribution is 2.21. The molecule has 1 atom stereocenters. The van der Waals surface area contributed by atoms with Crippen molar-refractivity contribution in [3.05, 3.63) is 50.3 Å². The van der Waals surface area contributed by atoms with Gasteiger partial charge in [0.05, 0.1) is 6.04 Å². The highest BCUT2D eigenvalue weighted by molar-refractivity contribution is 7.09. The number of aromatic carboxylic acids is 1. The highest BCUT2D eigenvalue weighted by atomic mass is 32.1. The maximum Gasteiger partial charge on any atom is 0.341 e. The first-order valence-corrected chi connectivity index (χ1v) is 6.24. The van der Waals surface area contributed by atoms with Crippen molar-refractivity contribution in [1.82, 2.24) is 9.55 Å². The molecular formula is C12H12N2O3S. The summed E-state index contributed by atoms with van der Waals surface area (Å²) in [7, 11) is 0. The van der Waals surface area contributed by atoms with Crippen molar-refractivity contribution in [1.29, 1.82) is 0 Å². The molecule has 0 aliphatic heterocycles. The molecule has 0 aliphatic rings. The van der Waals surface area contributed by atoms with Gasteiger partial charge >= 0.3 is 5.97 Å². The average Bonchev–Trinajstić information content (AvgIpc) is 2.81. The monoisotopic (exact) mass is 264 g/mol. The summed E-state index contributed by atoms with van der Waals surface area (Å²) in [6.45, 7) is 3.69. The number of nitrogens with zero attached hydrogens (tertiary/aromatic N) is 2. The summed E-state index contributed by atoms with van der Waals surface area (Å²) < 4.78 is 1.75. The number of hydrogen-bond donors (Lipinski definition) is 1. The molecule has 0 aliphatic carbocycles. The second-order valence-corrected chi connectivity index (χ2v) is 4.88. The maximum absolute atomic E-state index is 11.5. The quantitative estimate of drug-likeness (QED) is 0.919. The number of carboxylic acid groups (broad SMARTS) is 1. The lowest BCUT2D eigenvalue weighted by molar-refractivity contribution is 0.0694. The molecule has 2 heterocycles. The normalized spacial score (nSPS) is 12.3. The van der Waals surface area contributed by atoms with Crippen LogP contribution in [0.3, 0.4) is 0 Å². The second-order valence-electron chi connectivity index (χ2n) is 3.95. The van der Waals surface area contributed by atoms with Crippen LogP contribution in [0.1, 0.15) is 34.0 Å². The van der Waals surface area contributed by atoms with Gasteiger partial charge in [-0.1, -0.05) is 0 Å². The van der Waals surface area contributed by atoms with Gasteiger partial charge in [-0.25, -0.2) is 9.78 Å². The molecule has 2 aromatic heterocycles. The Bertz CT molecular complexity index is 631. The molecule has 6 heteroatoms. The molecule has 0 bridgehead atoms. The van der Waals surface area contributed by atoms with E-state index in [1.807, 2.05) is 12.3 Å². The van der Waals surface area contributed by atoms with Crippen LogP contribution >= 0.6 is 11.3 Å². The van der Waals surface area contributed by atoms with E-state index < -0.39 is 11.4 Å². The van der Waals surface area contributed by atoms with Gasteiger partial charge in [-0.05, 0) is 13.8 Å². The summed E-state index contributed by atoms with van der Waals surface area (Å²) in [5, 5.41) is 11.7. The van der Waals surface area contributed by atoms with Gasteiger partial charge in [0.2, 0.25) is 0 Å². The molecule has 2 rings (SSSR count). The van der Waals surface area contributed by atoms with Gasteiger partial charge < -0.3 is 9.67 Å². The van der Waals surface area contributed by atoms with E-state index in [1.54, 1.807) is 17.7 Å². The Morgan fingerprint density at radius 1 is 1.56 bits per heavy atom. The molecule has 0 spiro atoms. The predicted molar refractivity (Wildman–Crippen MR) is 68.3 cm³/mol. The van der Waals surface area contributed by atoms with Crippen molar-refractivity contribution < 1.29 is 9.90 Å². The summed E-state index contributed by atoms with van der Waals surface area (Å²) in [5.74, 6) is -1.21. The van der Waals surface area contributed by atoms with Crippen LogP contribution in [0.15, 0.2) is 28.6 Å². The third-order valence-corrected chi connectivity index (χ3v) is 3.68. The first kappa shape index (κ1) is 12.5. The van der Waals surface area contributed by atoms with E-state index in [0.29, 0.717) is 5.69 Å². The standard InChI is InChI=1S/C12H12N2O3S/c1-7-5-10(15)9(12(16)17)6-14(7)8(2)11-13-3-4-18-11/h3-6,8H,1-2H3,(H,16,17). The number of aryl methyl sites for hydroxylation is 1. The van der Waals surface area contributed by atoms with Crippen LogP contribution in [0.4, 0.5) is 0 Å². The Balaban J connectivity index is 2.54. The van der Waals surface area contributed by atoms with Crippen molar-refractivity contribution in [2.75, 3.05) is 0 Å². The van der Waals surface area contributed by atoms with E-state index in [0.717, 1.165) is 5.01 Å². The molecule has 2 aromatic rings. The summed E-state index contributed by atoms with van der Waals surface area (Å²) in [5.41, 5.74) is 0.0271. The summed E-state index contributed by atoms with van der Waals surface area (Å²) in [4.78, 5) is 26.7. The molecule has 18 heavy (non-hydrogen) atoms. The Hall–Kier alpha value is -1.95. The van der Waals surface area contributed by atoms with Crippen LogP contribution in [-0.4, -0.2) is 20.6 Å². The predicted octanol–water partition coefficient (Wildman–Crippen LogP) is 1.92. The van der Waals surface area contributed by atoms with Crippen molar-refractivity contribution >= 4 is 17.3 Å². The van der Waals surface area contributed by atoms with E-state index in [9.17, 15) is 9.59 Å². The lowest BCUT2D eigenvalue weighted by atomic mass is 10.2. The average molecular weight is 264 g/mol. The summed E-state index contributed by atoms with van der Waals surface area (Å²) in [6, 6.07) is 1.25. The maximum atomic E-state index is 11.5. The van der Waals surface area contributed by atoms with Crippen molar-refractivity contribution in [3.63, 3.8) is 0 Å². The van der Waals surface area contributed by atoms with Gasteiger partial charge in [-0.3, -0.25) is 4.79 Å². The van der Waals surface area contributed by atoms with Gasteiger partial charge in [0.25, 0.3) is 0 Å². The molecule has 94 valence electrons. The largest absolute Gasteiger partial charge is 0.477 e. The van der Waals surface area contributed by atoms with Gasteiger partial charge in [-0.2, -0.15) is 0 Å². The molecule has 0 aromatic carbocycles. The van der Waals surface area contributed by atoms with Crippen LogP contribution in [0.5, 0.6) is 0 Å². The van der Waals surface area contributed by atoms with Crippen LogP contribution in [0, 0.1) is 6.92 Å². The number of carboxylic acids is 1. The van der Waals surface area contributed by atoms with Crippen molar-refractivity contribution in [2.45, 2.75) is 19.9 Å². The molecule has 5 nitrogen and oxygen atoms in total. The SMILES string of the molecule is Cc1cc(=O)c(C(=O)O)cn1C(C)c1nccs1. The van der Waals surface area contributed by atoms with Gasteiger partial charge in [0, 0.05) is 29.5 Å². The van der Waals surface area contributed by atoms with E-state index in [2.05, 4.69) is 4.98 Å². The molecule has 1 N–H and O–H groups in total. The number of pyridine rings is 1. The molecule has 0 saturated carbocycles. The molecular weight excluding hydrogens is 252 g/mol. The minimum atomic E-state index is -1.21. The Labute approximate surface area is 107 Å². The Morgan fingerprint density at radius 2 is 2.28 bits per heavy atom. The fraction of sp³-hybridized carbons (Fsp3) is 0.250. The first-order chi connectivity index (χ1) is 8.50. The van der Waals surface area contributed by atoms with E-state index in [-0.39, 0.29) is 11.6 Å². The van der Waals surface area contributed by atoms with Crippen LogP contribution in [0.2, 0.25) is 0 Å². The number of rotatable bonds is 3. The number of carbonyl (C=O) groups is 1. The zero-order valence-corrected chi connectivity index (χ0v) is 10.8.